The summed E-state index contributed by atoms with van der Waals surface area (Å²) in [5.41, 5.74) is 2.49. The molecule has 0 aromatic heterocycles. The van der Waals surface area contributed by atoms with Crippen molar-refractivity contribution >= 4 is 6.40 Å². The summed E-state index contributed by atoms with van der Waals surface area (Å²) in [5, 5.41) is 3.57. The maximum absolute atomic E-state index is 12.0. The van der Waals surface area contributed by atoms with Crippen LogP contribution in [0.1, 0.15) is 0 Å². The number of rotatable bonds is 7. The lowest BCUT2D eigenvalue weighted by atomic mass is 10.3. The minimum Gasteiger partial charge on any atom is -0.490 e. The molecule has 1 rings (SSSR count). The van der Waals surface area contributed by atoms with E-state index in [2.05, 4.69) is 15.3 Å². The number of hydrogen-bond acceptors (Lipinski definition) is 5. The quantitative estimate of drug-likeness (QED) is 0.359. The minimum absolute atomic E-state index is 0.172. The van der Waals surface area contributed by atoms with Crippen molar-refractivity contribution in [2.45, 2.75) is 6.36 Å². The van der Waals surface area contributed by atoms with Gasteiger partial charge in [0.25, 0.3) is 0 Å². The van der Waals surface area contributed by atoms with Gasteiger partial charge in [-0.2, -0.15) is 5.10 Å². The third-order valence-electron chi connectivity index (χ3n) is 1.77. The Balaban J connectivity index is 2.38. The molecule has 1 N–H and O–H groups in total. The van der Waals surface area contributed by atoms with E-state index in [1.165, 1.54) is 24.6 Å². The van der Waals surface area contributed by atoms with Crippen molar-refractivity contribution in [2.75, 3.05) is 20.3 Å². The summed E-state index contributed by atoms with van der Waals surface area (Å²) in [6.07, 6.45) is -3.52. The fraction of sp³-hybridized carbons (Fsp3) is 0.364. The van der Waals surface area contributed by atoms with Gasteiger partial charge >= 0.3 is 6.36 Å². The highest BCUT2D eigenvalue weighted by molar-refractivity contribution is 5.45. The lowest BCUT2D eigenvalue weighted by Gasteiger charge is -2.10. The molecule has 0 bridgehead atoms. The zero-order valence-corrected chi connectivity index (χ0v) is 10.1. The molecular weight excluding hydrogens is 265 g/mol. The standard InChI is InChI=1S/C11H13F3N2O3/c1-15-16-8-17-5-6-18-9-3-2-4-10(7-9)19-11(12,13)14/h2-4,7-8,15H,5-6H2,1H3/b16-8+. The third kappa shape index (κ3) is 7.02. The third-order valence-corrected chi connectivity index (χ3v) is 1.77. The number of halogens is 3. The van der Waals surface area contributed by atoms with Crippen molar-refractivity contribution in [3.05, 3.63) is 24.3 Å². The van der Waals surface area contributed by atoms with Gasteiger partial charge in [0.15, 0.2) is 6.40 Å². The van der Waals surface area contributed by atoms with Crippen LogP contribution in [0.5, 0.6) is 11.5 Å². The van der Waals surface area contributed by atoms with Crippen LogP contribution >= 0.6 is 0 Å². The summed E-state index contributed by atoms with van der Waals surface area (Å²) in [7, 11) is 1.61. The van der Waals surface area contributed by atoms with Gasteiger partial charge in [-0.05, 0) is 12.1 Å². The molecule has 0 radical (unpaired) electrons. The highest BCUT2D eigenvalue weighted by atomic mass is 19.4. The van der Waals surface area contributed by atoms with Gasteiger partial charge in [0.05, 0.1) is 0 Å². The van der Waals surface area contributed by atoms with Gasteiger partial charge in [0, 0.05) is 13.1 Å². The molecule has 0 aliphatic carbocycles. The van der Waals surface area contributed by atoms with Crippen LogP contribution in [-0.2, 0) is 4.74 Å². The van der Waals surface area contributed by atoms with Crippen LogP contribution in [0.2, 0.25) is 0 Å². The summed E-state index contributed by atoms with van der Waals surface area (Å²) in [4.78, 5) is 0. The Kier molecular flexibility index (Phi) is 5.77. The summed E-state index contributed by atoms with van der Waals surface area (Å²) in [6, 6.07) is 5.26. The second-order valence-corrected chi connectivity index (χ2v) is 3.20. The molecule has 0 heterocycles. The van der Waals surface area contributed by atoms with Crippen molar-refractivity contribution in [1.82, 2.24) is 5.43 Å². The summed E-state index contributed by atoms with van der Waals surface area (Å²) in [5.74, 6) is -0.0708. The maximum Gasteiger partial charge on any atom is 0.573 e. The molecule has 0 amide bonds. The van der Waals surface area contributed by atoms with E-state index in [0.717, 1.165) is 6.07 Å². The molecule has 0 fully saturated rings. The normalized spacial score (nSPS) is 11.4. The SMILES string of the molecule is CN/N=C/OCCOc1cccc(OC(F)(F)F)c1. The van der Waals surface area contributed by atoms with E-state index in [1.807, 2.05) is 0 Å². The first-order valence-corrected chi connectivity index (χ1v) is 5.30. The Bertz CT molecular complexity index is 410. The number of benzene rings is 1. The molecule has 0 saturated carbocycles. The molecule has 0 unspecified atom stereocenters. The van der Waals surface area contributed by atoms with E-state index in [1.54, 1.807) is 7.05 Å². The van der Waals surface area contributed by atoms with Crippen LogP contribution in [0.4, 0.5) is 13.2 Å². The molecule has 5 nitrogen and oxygen atoms in total. The Morgan fingerprint density at radius 3 is 2.68 bits per heavy atom. The lowest BCUT2D eigenvalue weighted by Crippen LogP contribution is -2.17. The summed E-state index contributed by atoms with van der Waals surface area (Å²) in [6.45, 7) is 0.390. The highest BCUT2D eigenvalue weighted by Gasteiger charge is 2.31. The molecular formula is C11H13F3N2O3. The van der Waals surface area contributed by atoms with Crippen molar-refractivity contribution in [3.63, 3.8) is 0 Å². The minimum atomic E-state index is -4.72. The van der Waals surface area contributed by atoms with Crippen LogP contribution in [0.15, 0.2) is 29.4 Å². The zero-order chi connectivity index (χ0) is 14.1. The summed E-state index contributed by atoms with van der Waals surface area (Å²) >= 11 is 0. The van der Waals surface area contributed by atoms with Crippen molar-refractivity contribution in [3.8, 4) is 11.5 Å². The smallest absolute Gasteiger partial charge is 0.490 e. The Labute approximate surface area is 108 Å². The molecule has 19 heavy (non-hydrogen) atoms. The number of nitrogens with one attached hydrogen (secondary N) is 1. The van der Waals surface area contributed by atoms with E-state index in [0.29, 0.717) is 0 Å². The summed E-state index contributed by atoms with van der Waals surface area (Å²) < 4.78 is 49.8. The molecule has 1 aromatic rings. The molecule has 106 valence electrons. The first-order chi connectivity index (χ1) is 9.01. The number of nitrogens with zero attached hydrogens (tertiary/aromatic N) is 1. The van der Waals surface area contributed by atoms with Gasteiger partial charge < -0.3 is 19.6 Å². The average Bonchev–Trinajstić information content (AvgIpc) is 2.32. The van der Waals surface area contributed by atoms with E-state index < -0.39 is 6.36 Å². The molecule has 0 aliphatic rings. The van der Waals surface area contributed by atoms with Crippen LogP contribution in [0.3, 0.4) is 0 Å². The second-order valence-electron chi connectivity index (χ2n) is 3.20. The van der Waals surface area contributed by atoms with E-state index >= 15 is 0 Å². The van der Waals surface area contributed by atoms with Gasteiger partial charge in [-0.3, -0.25) is 0 Å². The van der Waals surface area contributed by atoms with Crippen LogP contribution in [0.25, 0.3) is 0 Å². The van der Waals surface area contributed by atoms with Gasteiger partial charge in [0.1, 0.15) is 24.7 Å². The van der Waals surface area contributed by atoms with Gasteiger partial charge in [-0.25, -0.2) is 0 Å². The van der Waals surface area contributed by atoms with Gasteiger partial charge in [-0.1, -0.05) is 6.07 Å². The van der Waals surface area contributed by atoms with Gasteiger partial charge in [0.2, 0.25) is 0 Å². The predicted octanol–water partition coefficient (Wildman–Crippen LogP) is 2.14. The Morgan fingerprint density at radius 2 is 2.00 bits per heavy atom. The zero-order valence-electron chi connectivity index (χ0n) is 10.1. The molecule has 0 saturated heterocycles. The fourth-order valence-corrected chi connectivity index (χ4v) is 1.11. The molecule has 0 spiro atoms. The molecule has 0 aliphatic heterocycles. The maximum atomic E-state index is 12.0. The first-order valence-electron chi connectivity index (χ1n) is 5.30. The molecule has 0 atom stereocenters. The molecule has 8 heteroatoms. The largest absolute Gasteiger partial charge is 0.573 e. The van der Waals surface area contributed by atoms with Crippen LogP contribution in [0, 0.1) is 0 Å². The number of ether oxygens (including phenoxy) is 3. The van der Waals surface area contributed by atoms with Crippen molar-refractivity contribution < 1.29 is 27.4 Å². The Hall–Kier alpha value is -2.12. The first kappa shape index (κ1) is 14.9. The van der Waals surface area contributed by atoms with Crippen LogP contribution < -0.4 is 14.9 Å². The van der Waals surface area contributed by atoms with E-state index in [4.69, 9.17) is 9.47 Å². The fourth-order valence-electron chi connectivity index (χ4n) is 1.11. The number of alkyl halides is 3. The predicted molar refractivity (Wildman–Crippen MR) is 62.1 cm³/mol. The second kappa shape index (κ2) is 7.34. The molecule has 1 aromatic carbocycles. The van der Waals surface area contributed by atoms with E-state index in [9.17, 15) is 13.2 Å². The Morgan fingerprint density at radius 1 is 1.26 bits per heavy atom. The monoisotopic (exact) mass is 278 g/mol. The van der Waals surface area contributed by atoms with Crippen molar-refractivity contribution in [2.24, 2.45) is 5.10 Å². The van der Waals surface area contributed by atoms with Crippen LogP contribution in [-0.4, -0.2) is 33.0 Å². The van der Waals surface area contributed by atoms with Gasteiger partial charge in [-0.15, -0.1) is 13.2 Å². The lowest BCUT2D eigenvalue weighted by molar-refractivity contribution is -0.274. The number of hydrazone groups is 1. The number of hydrogen-bond donors (Lipinski definition) is 1. The highest BCUT2D eigenvalue weighted by Crippen LogP contribution is 2.25. The topological polar surface area (TPSA) is 52.1 Å². The average molecular weight is 278 g/mol. The van der Waals surface area contributed by atoms with Crippen molar-refractivity contribution in [1.29, 1.82) is 0 Å². The van der Waals surface area contributed by atoms with E-state index in [-0.39, 0.29) is 24.7 Å².